The fourth-order valence-corrected chi connectivity index (χ4v) is 4.02. The molecule has 0 radical (unpaired) electrons. The molecule has 1 aliphatic heterocycles. The Balaban J connectivity index is 1.54. The second-order valence-electron chi connectivity index (χ2n) is 7.94. The number of nitro benzene ring substituents is 1. The van der Waals surface area contributed by atoms with E-state index in [2.05, 4.69) is 21.2 Å². The van der Waals surface area contributed by atoms with Gasteiger partial charge in [-0.25, -0.2) is 9.18 Å². The van der Waals surface area contributed by atoms with Crippen LogP contribution in [0.1, 0.15) is 23.6 Å². The van der Waals surface area contributed by atoms with Crippen LogP contribution in [0.4, 0.5) is 14.9 Å². The summed E-state index contributed by atoms with van der Waals surface area (Å²) < 4.78 is 26.2. The van der Waals surface area contributed by atoms with Crippen LogP contribution in [0.5, 0.6) is 11.5 Å². The number of hydrogen-bond acceptors (Lipinski definition) is 6. The molecule has 0 bridgehead atoms. The quantitative estimate of drug-likeness (QED) is 0.156. The number of nitrogens with one attached hydrogen (secondary N) is 1. The van der Waals surface area contributed by atoms with E-state index in [1.165, 1.54) is 36.4 Å². The summed E-state index contributed by atoms with van der Waals surface area (Å²) in [5, 5.41) is 13.4. The molecule has 0 saturated carbocycles. The summed E-state index contributed by atoms with van der Waals surface area (Å²) >= 11 is 3.46. The van der Waals surface area contributed by atoms with Gasteiger partial charge in [0.05, 0.1) is 18.1 Å². The number of nitrogens with zero attached hydrogens (tertiary/aromatic N) is 2. The largest absolute Gasteiger partial charge is 0.490 e. The maximum absolute atomic E-state index is 14.0. The zero-order valence-electron chi connectivity index (χ0n) is 19.6. The highest BCUT2D eigenvalue weighted by atomic mass is 79.9. The van der Waals surface area contributed by atoms with Crippen molar-refractivity contribution in [3.05, 3.63) is 103 Å². The van der Waals surface area contributed by atoms with Gasteiger partial charge in [-0.05, 0) is 54.5 Å². The van der Waals surface area contributed by atoms with Gasteiger partial charge in [-0.3, -0.25) is 19.8 Å². The number of non-ortho nitro benzene ring substituents is 1. The molecule has 1 fully saturated rings. The third kappa shape index (κ3) is 5.95. The Bertz CT molecular complexity index is 1390. The number of nitro groups is 1. The molecule has 0 unspecified atom stereocenters. The Morgan fingerprint density at radius 2 is 1.78 bits per heavy atom. The van der Waals surface area contributed by atoms with Crippen LogP contribution in [0.25, 0.3) is 6.08 Å². The van der Waals surface area contributed by atoms with Gasteiger partial charge in [0, 0.05) is 22.2 Å². The van der Waals surface area contributed by atoms with Crippen molar-refractivity contribution >= 4 is 39.6 Å². The zero-order chi connectivity index (χ0) is 26.5. The standard InChI is InChI=1S/C26H21BrFN3O6/c1-2-36-23-12-18(20(27)13-24(23)37-15-16-7-9-19(10-8-16)31(34)35)11-22-25(32)30(26(33)29-22)14-17-5-3-4-6-21(17)28/h3-13H,2,14-15H2,1H3,(H,29,33)/b22-11+. The fraction of sp³-hybridized carbons (Fsp3) is 0.154. The number of imide groups is 1. The van der Waals surface area contributed by atoms with E-state index >= 15 is 0 Å². The van der Waals surface area contributed by atoms with E-state index in [1.54, 1.807) is 30.3 Å². The molecule has 3 aromatic carbocycles. The molecular weight excluding hydrogens is 549 g/mol. The van der Waals surface area contributed by atoms with Crippen LogP contribution in [-0.4, -0.2) is 28.4 Å². The summed E-state index contributed by atoms with van der Waals surface area (Å²) in [6.45, 7) is 2.10. The normalized spacial score (nSPS) is 14.1. The van der Waals surface area contributed by atoms with Crippen molar-refractivity contribution in [2.45, 2.75) is 20.1 Å². The SMILES string of the molecule is CCOc1cc(/C=C2/NC(=O)N(Cc3ccccc3F)C2=O)c(Br)cc1OCc1ccc([N+](=O)[O-])cc1. The molecule has 1 saturated heterocycles. The molecule has 37 heavy (non-hydrogen) atoms. The first kappa shape index (κ1) is 25.8. The van der Waals surface area contributed by atoms with Crippen LogP contribution in [0.15, 0.2) is 70.8 Å². The number of amides is 3. The van der Waals surface area contributed by atoms with Crippen LogP contribution < -0.4 is 14.8 Å². The molecule has 3 amide bonds. The first-order valence-electron chi connectivity index (χ1n) is 11.2. The molecule has 0 atom stereocenters. The van der Waals surface area contributed by atoms with E-state index < -0.39 is 22.7 Å². The average molecular weight is 570 g/mol. The molecule has 1 heterocycles. The molecule has 0 spiro atoms. The third-order valence-electron chi connectivity index (χ3n) is 5.45. The lowest BCUT2D eigenvalue weighted by Crippen LogP contribution is -2.30. The number of urea groups is 1. The summed E-state index contributed by atoms with van der Waals surface area (Å²) in [6.07, 6.45) is 1.49. The number of ether oxygens (including phenoxy) is 2. The van der Waals surface area contributed by atoms with Crippen LogP contribution in [0, 0.1) is 15.9 Å². The van der Waals surface area contributed by atoms with Crippen LogP contribution in [-0.2, 0) is 17.9 Å². The van der Waals surface area contributed by atoms with Crippen molar-refractivity contribution in [3.63, 3.8) is 0 Å². The monoisotopic (exact) mass is 569 g/mol. The smallest absolute Gasteiger partial charge is 0.329 e. The molecule has 190 valence electrons. The highest BCUT2D eigenvalue weighted by molar-refractivity contribution is 9.10. The lowest BCUT2D eigenvalue weighted by molar-refractivity contribution is -0.384. The zero-order valence-corrected chi connectivity index (χ0v) is 21.2. The van der Waals surface area contributed by atoms with E-state index in [-0.39, 0.29) is 30.1 Å². The third-order valence-corrected chi connectivity index (χ3v) is 6.14. The summed E-state index contributed by atoms with van der Waals surface area (Å²) in [4.78, 5) is 36.6. The fourth-order valence-electron chi connectivity index (χ4n) is 3.59. The topological polar surface area (TPSA) is 111 Å². The number of carbonyl (C=O) groups is 2. The van der Waals surface area contributed by atoms with Gasteiger partial charge in [0.15, 0.2) is 11.5 Å². The van der Waals surface area contributed by atoms with Gasteiger partial charge >= 0.3 is 6.03 Å². The van der Waals surface area contributed by atoms with Gasteiger partial charge in [0.25, 0.3) is 11.6 Å². The molecule has 3 aromatic rings. The predicted molar refractivity (Wildman–Crippen MR) is 136 cm³/mol. The molecule has 11 heteroatoms. The Kier molecular flexibility index (Phi) is 7.83. The van der Waals surface area contributed by atoms with E-state index in [4.69, 9.17) is 9.47 Å². The maximum Gasteiger partial charge on any atom is 0.329 e. The van der Waals surface area contributed by atoms with Crippen molar-refractivity contribution < 1.29 is 28.4 Å². The Morgan fingerprint density at radius 1 is 1.08 bits per heavy atom. The van der Waals surface area contributed by atoms with Gasteiger partial charge in [-0.2, -0.15) is 0 Å². The van der Waals surface area contributed by atoms with Gasteiger partial charge in [0.2, 0.25) is 0 Å². The van der Waals surface area contributed by atoms with Crippen molar-refractivity contribution in [1.82, 2.24) is 10.2 Å². The van der Waals surface area contributed by atoms with Crippen molar-refractivity contribution in [1.29, 1.82) is 0 Å². The number of halogens is 2. The number of benzene rings is 3. The van der Waals surface area contributed by atoms with Gasteiger partial charge in [0.1, 0.15) is 18.1 Å². The number of hydrogen-bond donors (Lipinski definition) is 1. The second kappa shape index (κ2) is 11.2. The Morgan fingerprint density at radius 3 is 2.46 bits per heavy atom. The lowest BCUT2D eigenvalue weighted by Gasteiger charge is -2.14. The van der Waals surface area contributed by atoms with Crippen molar-refractivity contribution in [2.75, 3.05) is 6.61 Å². The molecule has 1 N–H and O–H groups in total. The minimum absolute atomic E-state index is 0.0140. The Labute approximate surface area is 219 Å². The average Bonchev–Trinajstić information content (AvgIpc) is 3.14. The van der Waals surface area contributed by atoms with Gasteiger partial charge in [-0.1, -0.05) is 34.1 Å². The number of carbonyl (C=O) groups excluding carboxylic acids is 2. The molecular formula is C26H21BrFN3O6. The first-order chi connectivity index (χ1) is 17.8. The van der Waals surface area contributed by atoms with Gasteiger partial charge < -0.3 is 14.8 Å². The highest BCUT2D eigenvalue weighted by Crippen LogP contribution is 2.36. The predicted octanol–water partition coefficient (Wildman–Crippen LogP) is 5.57. The Hall–Kier alpha value is -4.25. The van der Waals surface area contributed by atoms with Crippen LogP contribution in [0.2, 0.25) is 0 Å². The minimum atomic E-state index is -0.649. The minimum Gasteiger partial charge on any atom is -0.490 e. The van der Waals surface area contributed by atoms with Gasteiger partial charge in [-0.15, -0.1) is 0 Å². The summed E-state index contributed by atoms with van der Waals surface area (Å²) in [6, 6.07) is 14.6. The van der Waals surface area contributed by atoms with Crippen LogP contribution >= 0.6 is 15.9 Å². The molecule has 0 aliphatic carbocycles. The van der Waals surface area contributed by atoms with E-state index in [1.807, 2.05) is 6.92 Å². The maximum atomic E-state index is 14.0. The molecule has 4 rings (SSSR count). The lowest BCUT2D eigenvalue weighted by atomic mass is 10.1. The highest BCUT2D eigenvalue weighted by Gasteiger charge is 2.34. The molecule has 1 aliphatic rings. The van der Waals surface area contributed by atoms with E-state index in [0.29, 0.717) is 28.1 Å². The summed E-state index contributed by atoms with van der Waals surface area (Å²) in [7, 11) is 0. The van der Waals surface area contributed by atoms with Crippen molar-refractivity contribution in [3.8, 4) is 11.5 Å². The van der Waals surface area contributed by atoms with E-state index in [0.717, 1.165) is 10.5 Å². The summed E-state index contributed by atoms with van der Waals surface area (Å²) in [5.41, 5.74) is 1.51. The second-order valence-corrected chi connectivity index (χ2v) is 8.79. The summed E-state index contributed by atoms with van der Waals surface area (Å²) in [5.74, 6) is -0.276. The first-order valence-corrected chi connectivity index (χ1v) is 12.0. The van der Waals surface area contributed by atoms with E-state index in [9.17, 15) is 24.1 Å². The number of rotatable bonds is 9. The molecule has 9 nitrogen and oxygen atoms in total. The molecule has 0 aromatic heterocycles. The van der Waals surface area contributed by atoms with Crippen LogP contribution in [0.3, 0.4) is 0 Å². The van der Waals surface area contributed by atoms with Crippen molar-refractivity contribution in [2.24, 2.45) is 0 Å².